The van der Waals surface area contributed by atoms with Gasteiger partial charge in [-0.3, -0.25) is 0 Å². The molecule has 3 aromatic carbocycles. The van der Waals surface area contributed by atoms with E-state index in [1.54, 1.807) is 12.1 Å². The molecule has 0 radical (unpaired) electrons. The lowest BCUT2D eigenvalue weighted by atomic mass is 10.2. The molecule has 122 valence electrons. The Bertz CT molecular complexity index is 754. The van der Waals surface area contributed by atoms with Crippen molar-refractivity contribution in [3.05, 3.63) is 95.8 Å². The van der Waals surface area contributed by atoms with Gasteiger partial charge in [0.1, 0.15) is 12.4 Å². The summed E-state index contributed by atoms with van der Waals surface area (Å²) in [5.74, 6) is 1.22. The molecule has 0 atom stereocenters. The zero-order valence-corrected chi connectivity index (χ0v) is 13.3. The predicted octanol–water partition coefficient (Wildman–Crippen LogP) is 5.03. The fourth-order valence-electron chi connectivity index (χ4n) is 2.35. The second kappa shape index (κ2) is 8.16. The number of rotatable bonds is 7. The van der Waals surface area contributed by atoms with E-state index in [0.29, 0.717) is 19.6 Å². The molecule has 0 N–H and O–H groups in total. The molecule has 0 saturated heterocycles. The number of benzene rings is 3. The van der Waals surface area contributed by atoms with Crippen molar-refractivity contribution in [2.75, 3.05) is 6.61 Å². The van der Waals surface area contributed by atoms with E-state index in [-0.39, 0.29) is 5.82 Å². The third kappa shape index (κ3) is 4.59. The third-order valence-electron chi connectivity index (χ3n) is 3.65. The Labute approximate surface area is 141 Å². The van der Waals surface area contributed by atoms with Crippen molar-refractivity contribution in [2.45, 2.75) is 13.0 Å². The van der Waals surface area contributed by atoms with Crippen LogP contribution in [0, 0.1) is 5.82 Å². The smallest absolute Gasteiger partial charge is 0.161 e. The van der Waals surface area contributed by atoms with E-state index < -0.39 is 0 Å². The van der Waals surface area contributed by atoms with Crippen molar-refractivity contribution in [2.24, 2.45) is 0 Å². The summed E-state index contributed by atoms with van der Waals surface area (Å²) in [5, 5.41) is 0. The molecule has 0 unspecified atom stereocenters. The van der Waals surface area contributed by atoms with Crippen LogP contribution >= 0.6 is 0 Å². The van der Waals surface area contributed by atoms with E-state index in [9.17, 15) is 4.39 Å². The van der Waals surface area contributed by atoms with E-state index in [0.717, 1.165) is 22.6 Å². The molecule has 3 aromatic rings. The molecule has 0 spiro atoms. The normalized spacial score (nSPS) is 10.4. The largest absolute Gasteiger partial charge is 0.489 e. The second-order valence-corrected chi connectivity index (χ2v) is 5.45. The lowest BCUT2D eigenvalue weighted by Crippen LogP contribution is -2.04. The summed E-state index contributed by atoms with van der Waals surface area (Å²) in [6, 6.07) is 24.1. The zero-order valence-electron chi connectivity index (χ0n) is 13.3. The molecule has 0 bridgehead atoms. The number of halogens is 1. The number of hydrogen-bond donors (Lipinski definition) is 0. The van der Waals surface area contributed by atoms with Crippen LogP contribution in [-0.4, -0.2) is 6.61 Å². The summed E-state index contributed by atoms with van der Waals surface area (Å²) in [4.78, 5) is 0. The Kier molecular flexibility index (Phi) is 5.46. The highest BCUT2D eigenvalue weighted by atomic mass is 19.1. The maximum atomic E-state index is 12.9. The van der Waals surface area contributed by atoms with E-state index in [1.807, 2.05) is 54.6 Å². The van der Waals surface area contributed by atoms with E-state index in [4.69, 9.17) is 9.47 Å². The summed E-state index contributed by atoms with van der Waals surface area (Å²) in [7, 11) is 0. The van der Waals surface area contributed by atoms with Gasteiger partial charge >= 0.3 is 0 Å². The molecule has 0 aromatic heterocycles. The monoisotopic (exact) mass is 322 g/mol. The van der Waals surface area contributed by atoms with Crippen molar-refractivity contribution < 1.29 is 13.9 Å². The fourth-order valence-corrected chi connectivity index (χ4v) is 2.35. The number of para-hydroxylation sites is 2. The first kappa shape index (κ1) is 16.1. The standard InChI is InChI=1S/C21H19FO2/c22-19-12-10-17(11-13-19)14-15-23-20-8-4-5-9-21(20)24-16-18-6-2-1-3-7-18/h1-13H,14-16H2. The third-order valence-corrected chi connectivity index (χ3v) is 3.65. The van der Waals surface area contributed by atoms with Crippen LogP contribution in [0.25, 0.3) is 0 Å². The van der Waals surface area contributed by atoms with Gasteiger partial charge in [0.05, 0.1) is 6.61 Å². The average molecular weight is 322 g/mol. The van der Waals surface area contributed by atoms with Gasteiger partial charge in [0.25, 0.3) is 0 Å². The van der Waals surface area contributed by atoms with Crippen LogP contribution in [-0.2, 0) is 13.0 Å². The SMILES string of the molecule is Fc1ccc(CCOc2ccccc2OCc2ccccc2)cc1. The van der Waals surface area contributed by atoms with Crippen molar-refractivity contribution in [1.82, 2.24) is 0 Å². The Hall–Kier alpha value is -2.81. The maximum Gasteiger partial charge on any atom is 0.161 e. The first-order valence-electron chi connectivity index (χ1n) is 7.94. The minimum Gasteiger partial charge on any atom is -0.489 e. The molecule has 0 saturated carbocycles. The first-order chi connectivity index (χ1) is 11.8. The van der Waals surface area contributed by atoms with Crippen molar-refractivity contribution in [3.63, 3.8) is 0 Å². The molecule has 0 heterocycles. The summed E-state index contributed by atoms with van der Waals surface area (Å²) < 4.78 is 24.6. The minimum atomic E-state index is -0.223. The molecule has 3 rings (SSSR count). The lowest BCUT2D eigenvalue weighted by Gasteiger charge is -2.12. The van der Waals surface area contributed by atoms with Crippen LogP contribution in [0.2, 0.25) is 0 Å². The Morgan fingerprint density at radius 2 is 1.25 bits per heavy atom. The molecule has 2 nitrogen and oxygen atoms in total. The summed E-state index contributed by atoms with van der Waals surface area (Å²) in [6.45, 7) is 1.01. The topological polar surface area (TPSA) is 18.5 Å². The molecule has 0 amide bonds. The van der Waals surface area contributed by atoms with Gasteiger partial charge in [-0.05, 0) is 35.4 Å². The Morgan fingerprint density at radius 3 is 1.96 bits per heavy atom. The van der Waals surface area contributed by atoms with Crippen molar-refractivity contribution >= 4 is 0 Å². The van der Waals surface area contributed by atoms with Crippen molar-refractivity contribution in [1.29, 1.82) is 0 Å². The zero-order chi connectivity index (χ0) is 16.6. The number of hydrogen-bond acceptors (Lipinski definition) is 2. The highest BCUT2D eigenvalue weighted by molar-refractivity contribution is 5.39. The van der Waals surface area contributed by atoms with Crippen LogP contribution in [0.3, 0.4) is 0 Å². The van der Waals surface area contributed by atoms with Crippen LogP contribution < -0.4 is 9.47 Å². The van der Waals surface area contributed by atoms with Gasteiger partial charge in [0.15, 0.2) is 11.5 Å². The summed E-state index contributed by atoms with van der Waals surface area (Å²) in [5.41, 5.74) is 2.15. The quantitative estimate of drug-likeness (QED) is 0.607. The Balaban J connectivity index is 1.56. The molecular weight excluding hydrogens is 303 g/mol. The van der Waals surface area contributed by atoms with Crippen molar-refractivity contribution in [3.8, 4) is 11.5 Å². The van der Waals surface area contributed by atoms with Gasteiger partial charge in [-0.1, -0.05) is 54.6 Å². The van der Waals surface area contributed by atoms with Crippen LogP contribution in [0.15, 0.2) is 78.9 Å². The first-order valence-corrected chi connectivity index (χ1v) is 7.94. The van der Waals surface area contributed by atoms with Gasteiger partial charge in [-0.15, -0.1) is 0 Å². The molecule has 0 aliphatic rings. The maximum absolute atomic E-state index is 12.9. The molecular formula is C21H19FO2. The van der Waals surface area contributed by atoms with Gasteiger partial charge in [0.2, 0.25) is 0 Å². The Morgan fingerprint density at radius 1 is 0.625 bits per heavy atom. The summed E-state index contributed by atoms with van der Waals surface area (Å²) in [6.07, 6.45) is 0.716. The van der Waals surface area contributed by atoms with Gasteiger partial charge in [0, 0.05) is 6.42 Å². The highest BCUT2D eigenvalue weighted by Crippen LogP contribution is 2.27. The molecule has 24 heavy (non-hydrogen) atoms. The fraction of sp³-hybridized carbons (Fsp3) is 0.143. The average Bonchev–Trinajstić information content (AvgIpc) is 2.63. The minimum absolute atomic E-state index is 0.223. The van der Waals surface area contributed by atoms with E-state index >= 15 is 0 Å². The van der Waals surface area contributed by atoms with Gasteiger partial charge in [-0.2, -0.15) is 0 Å². The summed E-state index contributed by atoms with van der Waals surface area (Å²) >= 11 is 0. The van der Waals surface area contributed by atoms with Gasteiger partial charge in [-0.25, -0.2) is 4.39 Å². The van der Waals surface area contributed by atoms with E-state index in [1.165, 1.54) is 12.1 Å². The highest BCUT2D eigenvalue weighted by Gasteiger charge is 2.05. The predicted molar refractivity (Wildman–Crippen MR) is 92.8 cm³/mol. The second-order valence-electron chi connectivity index (χ2n) is 5.45. The van der Waals surface area contributed by atoms with Gasteiger partial charge < -0.3 is 9.47 Å². The van der Waals surface area contributed by atoms with Crippen LogP contribution in [0.1, 0.15) is 11.1 Å². The van der Waals surface area contributed by atoms with E-state index in [2.05, 4.69) is 0 Å². The van der Waals surface area contributed by atoms with Crippen LogP contribution in [0.4, 0.5) is 4.39 Å². The van der Waals surface area contributed by atoms with Crippen LogP contribution in [0.5, 0.6) is 11.5 Å². The molecule has 0 fully saturated rings. The lowest BCUT2D eigenvalue weighted by molar-refractivity contribution is 0.263. The molecule has 3 heteroatoms. The molecule has 0 aliphatic heterocycles. The molecule has 0 aliphatic carbocycles. The number of ether oxygens (including phenoxy) is 2.